The van der Waals surface area contributed by atoms with Crippen LogP contribution in [0.2, 0.25) is 0 Å². The Bertz CT molecular complexity index is 837. The maximum atomic E-state index is 12.9. The summed E-state index contributed by atoms with van der Waals surface area (Å²) in [5, 5.41) is 8.74. The molecule has 0 spiro atoms. The molecule has 0 atom stereocenters. The molecule has 2 rings (SSSR count). The number of anilines is 1. The van der Waals surface area contributed by atoms with Gasteiger partial charge in [-0.25, -0.2) is 12.7 Å². The Balaban J connectivity index is 2.59. The average Bonchev–Trinajstić information content (AvgIpc) is 2.49. The summed E-state index contributed by atoms with van der Waals surface area (Å²) in [4.78, 5) is 0.181. The number of sulfonamides is 1. The third-order valence-corrected chi connectivity index (χ3v) is 5.57. The molecule has 4 nitrogen and oxygen atoms in total. The second-order valence-corrected chi connectivity index (χ2v) is 7.49. The molecule has 0 heterocycles. The molecule has 2 aromatic carbocycles. The number of hydrogen-bond donors (Lipinski definition) is 0. The first-order valence-electron chi connectivity index (χ1n) is 6.39. The summed E-state index contributed by atoms with van der Waals surface area (Å²) in [6.45, 7) is 1.89. The summed E-state index contributed by atoms with van der Waals surface area (Å²) in [5.41, 5.74) is 1.49. The van der Waals surface area contributed by atoms with E-state index in [0.29, 0.717) is 5.69 Å². The maximum Gasteiger partial charge on any atom is 0.268 e. The highest BCUT2D eigenvalue weighted by molar-refractivity contribution is 14.1. The van der Waals surface area contributed by atoms with E-state index in [-0.39, 0.29) is 4.90 Å². The standard InChI is InChI=1S/C16H13IN2O2S/c1-13-7-9-14(10-8-13)22(20,21)19(12-4-11-18)16-6-3-2-5-15(16)17/h2-10,12H,1H3/b12-4+. The molecule has 6 heteroatoms. The molecule has 0 bridgehead atoms. The third kappa shape index (κ3) is 3.48. The van der Waals surface area contributed by atoms with Gasteiger partial charge in [-0.15, -0.1) is 0 Å². The number of benzene rings is 2. The lowest BCUT2D eigenvalue weighted by Gasteiger charge is -2.21. The van der Waals surface area contributed by atoms with Gasteiger partial charge in [0.05, 0.1) is 16.7 Å². The molecule has 22 heavy (non-hydrogen) atoms. The molecule has 0 amide bonds. The van der Waals surface area contributed by atoms with Crippen molar-refractivity contribution in [3.05, 3.63) is 69.9 Å². The van der Waals surface area contributed by atoms with Crippen LogP contribution in [-0.2, 0) is 10.0 Å². The molecule has 112 valence electrons. The molecular weight excluding hydrogens is 411 g/mol. The Kier molecular flexibility index (Phi) is 5.21. The van der Waals surface area contributed by atoms with Gasteiger partial charge in [-0.05, 0) is 53.8 Å². The van der Waals surface area contributed by atoms with Gasteiger partial charge in [0.25, 0.3) is 10.0 Å². The zero-order valence-electron chi connectivity index (χ0n) is 11.8. The summed E-state index contributed by atoms with van der Waals surface area (Å²) >= 11 is 2.07. The summed E-state index contributed by atoms with van der Waals surface area (Å²) < 4.78 is 27.6. The van der Waals surface area contributed by atoms with Crippen molar-refractivity contribution in [1.82, 2.24) is 0 Å². The lowest BCUT2D eigenvalue weighted by molar-refractivity contribution is 0.596. The number of allylic oxidation sites excluding steroid dienone is 1. The molecular formula is C16H13IN2O2S. The van der Waals surface area contributed by atoms with Crippen molar-refractivity contribution in [1.29, 1.82) is 5.26 Å². The van der Waals surface area contributed by atoms with Crippen LogP contribution in [-0.4, -0.2) is 8.42 Å². The molecule has 0 aromatic heterocycles. The predicted octanol–water partition coefficient (Wildman–Crippen LogP) is 3.83. The van der Waals surface area contributed by atoms with E-state index in [1.54, 1.807) is 36.4 Å². The smallest absolute Gasteiger partial charge is 0.240 e. The van der Waals surface area contributed by atoms with Crippen molar-refractivity contribution < 1.29 is 8.42 Å². The number of halogens is 1. The molecule has 0 saturated heterocycles. The Labute approximate surface area is 143 Å². The number of rotatable bonds is 4. The van der Waals surface area contributed by atoms with Gasteiger partial charge in [-0.3, -0.25) is 0 Å². The van der Waals surface area contributed by atoms with Gasteiger partial charge in [-0.1, -0.05) is 29.8 Å². The molecule has 0 aliphatic rings. The highest BCUT2D eigenvalue weighted by atomic mass is 127. The Morgan fingerprint density at radius 2 is 1.77 bits per heavy atom. The van der Waals surface area contributed by atoms with Gasteiger partial charge in [0.1, 0.15) is 0 Å². The molecule has 2 aromatic rings. The third-order valence-electron chi connectivity index (χ3n) is 2.95. The molecule has 0 aliphatic heterocycles. The summed E-state index contributed by atoms with van der Waals surface area (Å²) in [6, 6.07) is 15.6. The van der Waals surface area contributed by atoms with Crippen LogP contribution >= 0.6 is 22.6 Å². The van der Waals surface area contributed by atoms with E-state index in [4.69, 9.17) is 5.26 Å². The van der Waals surface area contributed by atoms with Crippen LogP contribution in [0, 0.1) is 21.8 Å². The zero-order valence-corrected chi connectivity index (χ0v) is 14.7. The van der Waals surface area contributed by atoms with Crippen LogP contribution in [0.3, 0.4) is 0 Å². The Morgan fingerprint density at radius 3 is 2.36 bits per heavy atom. The number of hydrogen-bond acceptors (Lipinski definition) is 3. The lowest BCUT2D eigenvalue weighted by atomic mass is 10.2. The number of para-hydroxylation sites is 1. The fraction of sp³-hybridized carbons (Fsp3) is 0.0625. The van der Waals surface area contributed by atoms with Gasteiger partial charge in [0.2, 0.25) is 0 Å². The second-order valence-electron chi connectivity index (χ2n) is 4.51. The quantitative estimate of drug-likeness (QED) is 0.554. The zero-order chi connectivity index (χ0) is 16.2. The van der Waals surface area contributed by atoms with Gasteiger partial charge in [0.15, 0.2) is 0 Å². The lowest BCUT2D eigenvalue weighted by Crippen LogP contribution is -2.26. The van der Waals surface area contributed by atoms with Gasteiger partial charge in [0, 0.05) is 15.8 Å². The average molecular weight is 424 g/mol. The fourth-order valence-corrected chi connectivity index (χ4v) is 4.00. The monoisotopic (exact) mass is 424 g/mol. The highest BCUT2D eigenvalue weighted by Gasteiger charge is 2.24. The topological polar surface area (TPSA) is 61.2 Å². The van der Waals surface area contributed by atoms with Crippen molar-refractivity contribution in [2.45, 2.75) is 11.8 Å². The first kappa shape index (κ1) is 16.5. The molecule has 0 fully saturated rings. The van der Waals surface area contributed by atoms with Gasteiger partial charge < -0.3 is 0 Å². The normalized spacial score (nSPS) is 11.3. The number of nitrogens with zero attached hydrogens (tertiary/aromatic N) is 2. The van der Waals surface area contributed by atoms with E-state index in [9.17, 15) is 8.42 Å². The molecule has 0 saturated carbocycles. The van der Waals surface area contributed by atoms with Crippen molar-refractivity contribution in [2.75, 3.05) is 4.31 Å². The first-order chi connectivity index (χ1) is 10.5. The van der Waals surface area contributed by atoms with Gasteiger partial charge in [-0.2, -0.15) is 5.26 Å². The SMILES string of the molecule is Cc1ccc(S(=O)(=O)N(/C=C/C#N)c2ccccc2I)cc1. The minimum Gasteiger partial charge on any atom is -0.240 e. The van der Waals surface area contributed by atoms with Crippen LogP contribution in [0.4, 0.5) is 5.69 Å². The maximum absolute atomic E-state index is 12.9. The van der Waals surface area contributed by atoms with Crippen molar-refractivity contribution in [3.8, 4) is 6.07 Å². The highest BCUT2D eigenvalue weighted by Crippen LogP contribution is 2.28. The van der Waals surface area contributed by atoms with Crippen LogP contribution in [0.15, 0.2) is 65.7 Å². The fourth-order valence-electron chi connectivity index (χ4n) is 1.85. The molecule has 0 aliphatic carbocycles. The molecule has 0 radical (unpaired) electrons. The van der Waals surface area contributed by atoms with E-state index in [0.717, 1.165) is 19.5 Å². The minimum atomic E-state index is -3.78. The summed E-state index contributed by atoms with van der Waals surface area (Å²) in [5.74, 6) is 0. The largest absolute Gasteiger partial charge is 0.268 e. The van der Waals surface area contributed by atoms with Crippen molar-refractivity contribution >= 4 is 38.3 Å². The van der Waals surface area contributed by atoms with Crippen molar-refractivity contribution in [3.63, 3.8) is 0 Å². The summed E-state index contributed by atoms with van der Waals surface area (Å²) in [6.07, 6.45) is 2.42. The van der Waals surface area contributed by atoms with E-state index in [2.05, 4.69) is 22.6 Å². The van der Waals surface area contributed by atoms with Crippen molar-refractivity contribution in [2.24, 2.45) is 0 Å². The minimum absolute atomic E-state index is 0.181. The van der Waals surface area contributed by atoms with Crippen LogP contribution in [0.5, 0.6) is 0 Å². The predicted molar refractivity (Wildman–Crippen MR) is 94.8 cm³/mol. The van der Waals surface area contributed by atoms with E-state index >= 15 is 0 Å². The van der Waals surface area contributed by atoms with Gasteiger partial charge >= 0.3 is 0 Å². The Morgan fingerprint density at radius 1 is 1.14 bits per heavy atom. The number of aryl methyl sites for hydroxylation is 1. The molecule has 0 N–H and O–H groups in total. The van der Waals surface area contributed by atoms with Crippen LogP contribution in [0.1, 0.15) is 5.56 Å². The summed E-state index contributed by atoms with van der Waals surface area (Å²) in [7, 11) is -3.78. The second kappa shape index (κ2) is 6.94. The Hall–Kier alpha value is -1.85. The van der Waals surface area contributed by atoms with Crippen LogP contribution < -0.4 is 4.31 Å². The van der Waals surface area contributed by atoms with E-state index in [1.807, 2.05) is 25.1 Å². The number of nitriles is 1. The first-order valence-corrected chi connectivity index (χ1v) is 8.90. The van der Waals surface area contributed by atoms with Crippen LogP contribution in [0.25, 0.3) is 0 Å². The molecule has 0 unspecified atom stereocenters. The van der Waals surface area contributed by atoms with E-state index in [1.165, 1.54) is 6.20 Å². The van der Waals surface area contributed by atoms with E-state index < -0.39 is 10.0 Å².